The Balaban J connectivity index is 1.38. The zero-order chi connectivity index (χ0) is 22.5. The van der Waals surface area contributed by atoms with Crippen LogP contribution in [-0.4, -0.2) is 27.3 Å². The predicted molar refractivity (Wildman–Crippen MR) is 123 cm³/mol. The molecule has 2 aromatic carbocycles. The average Bonchev–Trinajstić information content (AvgIpc) is 3.40. The number of hydrogen-bond acceptors (Lipinski definition) is 7. The van der Waals surface area contributed by atoms with E-state index in [1.54, 1.807) is 0 Å². The fraction of sp³-hybridized carbons (Fsp3) is 0.208. The minimum absolute atomic E-state index is 0.319. The van der Waals surface area contributed by atoms with Crippen molar-refractivity contribution in [2.45, 2.75) is 32.9 Å². The molecule has 0 saturated carbocycles. The summed E-state index contributed by atoms with van der Waals surface area (Å²) in [5.74, 6) is 0.508. The number of carboxylic acid groups (broad SMARTS) is 1. The van der Waals surface area contributed by atoms with Gasteiger partial charge in [-0.05, 0) is 31.5 Å². The second kappa shape index (κ2) is 9.65. The molecule has 0 amide bonds. The predicted octanol–water partition coefficient (Wildman–Crippen LogP) is 5.10. The van der Waals surface area contributed by atoms with Crippen LogP contribution in [0.25, 0.3) is 11.3 Å². The normalized spacial score (nSPS) is 11.8. The van der Waals surface area contributed by atoms with Gasteiger partial charge in [0.05, 0.1) is 17.0 Å². The minimum Gasteiger partial charge on any atom is -0.489 e. The van der Waals surface area contributed by atoms with Crippen LogP contribution in [0, 0.1) is 13.8 Å². The van der Waals surface area contributed by atoms with Gasteiger partial charge >= 0.3 is 5.97 Å². The molecule has 0 aliphatic rings. The second-order valence-corrected chi connectivity index (χ2v) is 8.24. The van der Waals surface area contributed by atoms with Gasteiger partial charge in [-0.1, -0.05) is 47.6 Å². The first-order chi connectivity index (χ1) is 15.5. The van der Waals surface area contributed by atoms with E-state index in [1.807, 2.05) is 73.8 Å². The van der Waals surface area contributed by atoms with Crippen molar-refractivity contribution in [3.8, 4) is 17.0 Å². The number of aromatic nitrogens is 2. The highest BCUT2D eigenvalue weighted by Crippen LogP contribution is 2.26. The smallest absolute Gasteiger partial charge is 0.326 e. The number of nitrogens with zero attached hydrogens (tertiary/aromatic N) is 2. The van der Waals surface area contributed by atoms with Crippen molar-refractivity contribution in [3.05, 3.63) is 82.6 Å². The van der Waals surface area contributed by atoms with E-state index < -0.39 is 12.0 Å². The Hall–Kier alpha value is -3.65. The highest BCUT2D eigenvalue weighted by Gasteiger charge is 2.20. The fourth-order valence-electron chi connectivity index (χ4n) is 3.25. The molecule has 32 heavy (non-hydrogen) atoms. The SMILES string of the molecule is Cc1noc(C)c1COc1ccc(C[C@H](Nc2nc(-c3ccccc3)cs2)C(=O)O)cc1. The topological polar surface area (TPSA) is 97.5 Å². The molecule has 1 atom stereocenters. The van der Waals surface area contributed by atoms with Crippen molar-refractivity contribution in [1.29, 1.82) is 0 Å². The summed E-state index contributed by atoms with van der Waals surface area (Å²) in [4.78, 5) is 16.4. The number of carboxylic acids is 1. The summed E-state index contributed by atoms with van der Waals surface area (Å²) in [5.41, 5.74) is 4.45. The third-order valence-corrected chi connectivity index (χ3v) is 5.87. The minimum atomic E-state index is -0.930. The molecule has 2 aromatic heterocycles. The molecule has 4 rings (SSSR count). The van der Waals surface area contributed by atoms with Crippen molar-refractivity contribution in [2.24, 2.45) is 0 Å². The Labute approximate surface area is 189 Å². The molecule has 0 radical (unpaired) electrons. The third-order valence-electron chi connectivity index (χ3n) is 5.10. The molecule has 0 spiro atoms. The van der Waals surface area contributed by atoms with Gasteiger partial charge in [-0.25, -0.2) is 9.78 Å². The van der Waals surface area contributed by atoms with Crippen LogP contribution in [0.2, 0.25) is 0 Å². The van der Waals surface area contributed by atoms with Gasteiger partial charge in [0.1, 0.15) is 24.2 Å². The number of ether oxygens (including phenoxy) is 1. The van der Waals surface area contributed by atoms with Crippen molar-refractivity contribution >= 4 is 22.4 Å². The maximum Gasteiger partial charge on any atom is 0.326 e. The summed E-state index contributed by atoms with van der Waals surface area (Å²) in [7, 11) is 0. The molecule has 0 unspecified atom stereocenters. The number of rotatable bonds is 9. The zero-order valence-corrected chi connectivity index (χ0v) is 18.6. The Bertz CT molecular complexity index is 1170. The first kappa shape index (κ1) is 21.6. The van der Waals surface area contributed by atoms with Crippen LogP contribution in [0.15, 0.2) is 64.5 Å². The molecule has 2 N–H and O–H groups in total. The molecule has 8 heteroatoms. The van der Waals surface area contributed by atoms with Gasteiger partial charge in [-0.3, -0.25) is 0 Å². The Morgan fingerprint density at radius 1 is 1.16 bits per heavy atom. The number of anilines is 1. The second-order valence-electron chi connectivity index (χ2n) is 7.38. The lowest BCUT2D eigenvalue weighted by atomic mass is 10.1. The van der Waals surface area contributed by atoms with Crippen molar-refractivity contribution in [3.63, 3.8) is 0 Å². The third kappa shape index (κ3) is 5.15. The van der Waals surface area contributed by atoms with E-state index in [1.165, 1.54) is 11.3 Å². The van der Waals surface area contributed by atoms with E-state index in [2.05, 4.69) is 15.5 Å². The summed E-state index contributed by atoms with van der Waals surface area (Å²) in [6.07, 6.45) is 0.319. The van der Waals surface area contributed by atoms with Gasteiger partial charge in [-0.15, -0.1) is 11.3 Å². The standard InChI is InChI=1S/C24H23N3O4S/c1-15-20(16(2)31-27-15)13-30-19-10-8-17(9-11-19)12-21(23(28)29)25-24-26-22(14-32-24)18-6-4-3-5-7-18/h3-11,14,21H,12-13H2,1-2H3,(H,25,26)(H,28,29)/t21-/m0/s1. The molecule has 2 heterocycles. The molecular weight excluding hydrogens is 426 g/mol. The number of hydrogen-bond donors (Lipinski definition) is 2. The van der Waals surface area contributed by atoms with Crippen molar-refractivity contribution in [2.75, 3.05) is 5.32 Å². The van der Waals surface area contributed by atoms with Crippen LogP contribution in [-0.2, 0) is 17.8 Å². The molecule has 0 fully saturated rings. The van der Waals surface area contributed by atoms with Gasteiger partial charge in [0.2, 0.25) is 0 Å². The first-order valence-corrected chi connectivity index (χ1v) is 11.0. The zero-order valence-electron chi connectivity index (χ0n) is 17.7. The van der Waals surface area contributed by atoms with Crippen LogP contribution < -0.4 is 10.1 Å². The molecular formula is C24H23N3O4S. The van der Waals surface area contributed by atoms with E-state index in [0.29, 0.717) is 23.9 Å². The number of thiazole rings is 1. The van der Waals surface area contributed by atoms with Gasteiger partial charge in [-0.2, -0.15) is 0 Å². The van der Waals surface area contributed by atoms with Crippen LogP contribution in [0.4, 0.5) is 5.13 Å². The lowest BCUT2D eigenvalue weighted by molar-refractivity contribution is -0.137. The molecule has 0 aliphatic heterocycles. The number of aliphatic carboxylic acids is 1. The largest absolute Gasteiger partial charge is 0.489 e. The summed E-state index contributed by atoms with van der Waals surface area (Å²) in [6.45, 7) is 4.10. The lowest BCUT2D eigenvalue weighted by Crippen LogP contribution is -2.31. The fourth-order valence-corrected chi connectivity index (χ4v) is 4.02. The molecule has 4 aromatic rings. The van der Waals surface area contributed by atoms with Crippen molar-refractivity contribution in [1.82, 2.24) is 10.1 Å². The van der Waals surface area contributed by atoms with Crippen molar-refractivity contribution < 1.29 is 19.2 Å². The average molecular weight is 450 g/mol. The number of aryl methyl sites for hydroxylation is 2. The molecule has 0 bridgehead atoms. The van der Waals surface area contributed by atoms with Crippen LogP contribution in [0.1, 0.15) is 22.6 Å². The van der Waals surface area contributed by atoms with E-state index in [4.69, 9.17) is 9.26 Å². The lowest BCUT2D eigenvalue weighted by Gasteiger charge is -2.14. The van der Waals surface area contributed by atoms with E-state index in [-0.39, 0.29) is 0 Å². The molecule has 0 saturated heterocycles. The first-order valence-electron chi connectivity index (χ1n) is 10.1. The monoisotopic (exact) mass is 449 g/mol. The van der Waals surface area contributed by atoms with Crippen LogP contribution in [0.3, 0.4) is 0 Å². The summed E-state index contributed by atoms with van der Waals surface area (Å²) >= 11 is 1.39. The van der Waals surface area contributed by atoms with Gasteiger partial charge in [0, 0.05) is 17.4 Å². The Kier molecular flexibility index (Phi) is 6.51. The van der Waals surface area contributed by atoms with Crippen LogP contribution in [0.5, 0.6) is 5.75 Å². The highest BCUT2D eigenvalue weighted by molar-refractivity contribution is 7.14. The number of carbonyl (C=O) groups is 1. The maximum absolute atomic E-state index is 11.8. The van der Waals surface area contributed by atoms with Gasteiger partial charge in [0.15, 0.2) is 5.13 Å². The summed E-state index contributed by atoms with van der Waals surface area (Å²) in [6, 6.07) is 16.4. The molecule has 0 aliphatic carbocycles. The molecule has 7 nitrogen and oxygen atoms in total. The number of benzene rings is 2. The van der Waals surface area contributed by atoms with E-state index in [9.17, 15) is 9.90 Å². The van der Waals surface area contributed by atoms with Crippen LogP contribution >= 0.6 is 11.3 Å². The summed E-state index contributed by atoms with van der Waals surface area (Å²) < 4.78 is 11.0. The van der Waals surface area contributed by atoms with E-state index >= 15 is 0 Å². The quantitative estimate of drug-likeness (QED) is 0.367. The van der Waals surface area contributed by atoms with E-state index in [0.717, 1.165) is 33.8 Å². The number of nitrogens with one attached hydrogen (secondary N) is 1. The summed E-state index contributed by atoms with van der Waals surface area (Å²) in [5, 5.41) is 19.2. The maximum atomic E-state index is 11.8. The Morgan fingerprint density at radius 2 is 1.91 bits per heavy atom. The van der Waals surface area contributed by atoms with Gasteiger partial charge in [0.25, 0.3) is 0 Å². The Morgan fingerprint density at radius 3 is 2.56 bits per heavy atom. The van der Waals surface area contributed by atoms with Gasteiger partial charge < -0.3 is 19.7 Å². The highest BCUT2D eigenvalue weighted by atomic mass is 32.1. The molecule has 164 valence electrons.